The molecule has 3 N–H and O–H groups in total. The highest BCUT2D eigenvalue weighted by Crippen LogP contribution is 2.46. The third kappa shape index (κ3) is 3.54. The summed E-state index contributed by atoms with van der Waals surface area (Å²) in [5, 5.41) is 3.53. The Morgan fingerprint density at radius 2 is 1.73 bits per heavy atom. The maximum Gasteiger partial charge on any atom is 0.227 e. The van der Waals surface area contributed by atoms with Gasteiger partial charge in [-0.3, -0.25) is 0 Å². The van der Waals surface area contributed by atoms with Crippen molar-refractivity contribution in [1.82, 2.24) is 9.97 Å². The molecule has 1 aliphatic heterocycles. The Balaban J connectivity index is 1.38. The van der Waals surface area contributed by atoms with Gasteiger partial charge in [-0.1, -0.05) is 6.07 Å². The molecule has 2 aromatic rings. The maximum absolute atomic E-state index is 6.11. The van der Waals surface area contributed by atoms with E-state index in [1.54, 1.807) is 0 Å². The van der Waals surface area contributed by atoms with Crippen molar-refractivity contribution in [2.75, 3.05) is 23.3 Å². The number of benzene rings is 1. The lowest BCUT2D eigenvalue weighted by molar-refractivity contribution is 0.500. The van der Waals surface area contributed by atoms with Crippen LogP contribution in [0, 0.1) is 0 Å². The highest BCUT2D eigenvalue weighted by molar-refractivity contribution is 5.60. The first-order valence-electron chi connectivity index (χ1n) is 10.00. The van der Waals surface area contributed by atoms with Crippen molar-refractivity contribution in [1.29, 1.82) is 0 Å². The minimum atomic E-state index is 0.222. The number of hydrogen-bond acceptors (Lipinski definition) is 5. The summed E-state index contributed by atoms with van der Waals surface area (Å²) in [4.78, 5) is 11.4. The van der Waals surface area contributed by atoms with Crippen LogP contribution in [0.4, 0.5) is 17.5 Å². The third-order valence-corrected chi connectivity index (χ3v) is 5.73. The number of piperidine rings is 1. The normalized spacial score (nSPS) is 23.1. The van der Waals surface area contributed by atoms with E-state index in [4.69, 9.17) is 10.7 Å². The van der Waals surface area contributed by atoms with E-state index in [2.05, 4.69) is 33.4 Å². The summed E-state index contributed by atoms with van der Waals surface area (Å²) in [6, 6.07) is 9.22. The number of anilines is 3. The predicted molar refractivity (Wildman–Crippen MR) is 105 cm³/mol. The van der Waals surface area contributed by atoms with E-state index in [-0.39, 0.29) is 6.04 Å². The molecule has 2 heterocycles. The smallest absolute Gasteiger partial charge is 0.227 e. The fraction of sp³-hybridized carbons (Fsp3) is 0.524. The topological polar surface area (TPSA) is 67.1 Å². The molecule has 5 rings (SSSR count). The Morgan fingerprint density at radius 1 is 1.00 bits per heavy atom. The first-order chi connectivity index (χ1) is 12.7. The summed E-state index contributed by atoms with van der Waals surface area (Å²) in [6.07, 6.45) is 9.38. The molecule has 5 heteroatoms. The molecule has 1 aromatic carbocycles. The summed E-state index contributed by atoms with van der Waals surface area (Å²) in [7, 11) is 0. The summed E-state index contributed by atoms with van der Waals surface area (Å²) in [6.45, 7) is 1.83. The second-order valence-corrected chi connectivity index (χ2v) is 8.15. The van der Waals surface area contributed by atoms with Crippen LogP contribution in [0.15, 0.2) is 30.5 Å². The number of nitrogens with one attached hydrogen (secondary N) is 1. The highest BCUT2D eigenvalue weighted by atomic mass is 15.3. The Hall–Kier alpha value is -2.14. The van der Waals surface area contributed by atoms with E-state index in [0.29, 0.717) is 0 Å². The first-order valence-corrected chi connectivity index (χ1v) is 10.00. The quantitative estimate of drug-likeness (QED) is 0.857. The van der Waals surface area contributed by atoms with Crippen LogP contribution < -0.4 is 16.0 Å². The van der Waals surface area contributed by atoms with E-state index in [0.717, 1.165) is 55.2 Å². The zero-order valence-electron chi connectivity index (χ0n) is 15.2. The Labute approximate surface area is 155 Å². The van der Waals surface area contributed by atoms with Crippen LogP contribution in [0.5, 0.6) is 0 Å². The molecule has 0 radical (unpaired) electrons. The standard InChI is InChI=1S/C21H27N5/c22-18-2-1-9-26(13-18)21-23-8-7-20(25-21)24-19-11-16(14-3-4-14)10-17(12-19)15-5-6-15/h7-8,10-12,14-15,18H,1-6,9,13,22H2,(H,23,24,25)/t18-/m0/s1. The van der Waals surface area contributed by atoms with Crippen molar-refractivity contribution < 1.29 is 0 Å². The lowest BCUT2D eigenvalue weighted by atomic mass is 10.0. The van der Waals surface area contributed by atoms with E-state index >= 15 is 0 Å². The average Bonchev–Trinajstić information content (AvgIpc) is 3.55. The van der Waals surface area contributed by atoms with E-state index in [1.165, 1.54) is 36.8 Å². The van der Waals surface area contributed by atoms with Gasteiger partial charge in [0, 0.05) is 31.0 Å². The molecule has 0 bridgehead atoms. The number of rotatable bonds is 5. The monoisotopic (exact) mass is 349 g/mol. The molecule has 3 aliphatic rings. The van der Waals surface area contributed by atoms with Gasteiger partial charge in [0.15, 0.2) is 0 Å². The van der Waals surface area contributed by atoms with Crippen molar-refractivity contribution in [3.8, 4) is 0 Å². The molecule has 136 valence electrons. The van der Waals surface area contributed by atoms with Crippen molar-refractivity contribution in [2.45, 2.75) is 56.4 Å². The minimum absolute atomic E-state index is 0.222. The van der Waals surface area contributed by atoms with Gasteiger partial charge in [0.1, 0.15) is 5.82 Å². The molecule has 1 saturated heterocycles. The molecule has 3 fully saturated rings. The van der Waals surface area contributed by atoms with Crippen LogP contribution in [-0.4, -0.2) is 29.1 Å². The number of nitrogens with two attached hydrogens (primary N) is 1. The summed E-state index contributed by atoms with van der Waals surface area (Å²) >= 11 is 0. The first kappa shape index (κ1) is 16.1. The summed E-state index contributed by atoms with van der Waals surface area (Å²) in [5.74, 6) is 3.19. The van der Waals surface area contributed by atoms with Gasteiger partial charge in [-0.2, -0.15) is 4.98 Å². The van der Waals surface area contributed by atoms with Crippen LogP contribution in [0.3, 0.4) is 0 Å². The fourth-order valence-electron chi connectivity index (χ4n) is 3.96. The molecule has 26 heavy (non-hydrogen) atoms. The average molecular weight is 349 g/mol. The van der Waals surface area contributed by atoms with Crippen molar-refractivity contribution in [2.24, 2.45) is 5.73 Å². The SMILES string of the molecule is N[C@H]1CCCN(c2nccc(Nc3cc(C4CC4)cc(C4CC4)c3)n2)C1. The van der Waals surface area contributed by atoms with E-state index in [9.17, 15) is 0 Å². The summed E-state index contributed by atoms with van der Waals surface area (Å²) < 4.78 is 0. The van der Waals surface area contributed by atoms with Gasteiger partial charge in [-0.05, 0) is 79.7 Å². The fourth-order valence-corrected chi connectivity index (χ4v) is 3.96. The molecule has 0 spiro atoms. The Bertz CT molecular complexity index is 766. The molecule has 2 aliphatic carbocycles. The third-order valence-electron chi connectivity index (χ3n) is 5.73. The second kappa shape index (κ2) is 6.54. The van der Waals surface area contributed by atoms with Crippen LogP contribution in [0.25, 0.3) is 0 Å². The van der Waals surface area contributed by atoms with Gasteiger partial charge in [-0.25, -0.2) is 4.98 Å². The molecule has 2 saturated carbocycles. The van der Waals surface area contributed by atoms with Gasteiger partial charge in [-0.15, -0.1) is 0 Å². The number of aromatic nitrogens is 2. The Kier molecular flexibility index (Phi) is 4.04. The van der Waals surface area contributed by atoms with Crippen molar-refractivity contribution in [3.05, 3.63) is 41.6 Å². The lowest BCUT2D eigenvalue weighted by Gasteiger charge is -2.30. The zero-order valence-corrected chi connectivity index (χ0v) is 15.2. The van der Waals surface area contributed by atoms with E-state index < -0.39 is 0 Å². The molecular weight excluding hydrogens is 322 g/mol. The zero-order chi connectivity index (χ0) is 17.5. The predicted octanol–water partition coefficient (Wildman–Crippen LogP) is 3.90. The minimum Gasteiger partial charge on any atom is -0.340 e. The van der Waals surface area contributed by atoms with Crippen molar-refractivity contribution in [3.63, 3.8) is 0 Å². The highest BCUT2D eigenvalue weighted by Gasteiger charge is 2.28. The second-order valence-electron chi connectivity index (χ2n) is 8.15. The van der Waals surface area contributed by atoms with Gasteiger partial charge in [0.25, 0.3) is 0 Å². The maximum atomic E-state index is 6.11. The largest absolute Gasteiger partial charge is 0.340 e. The lowest BCUT2D eigenvalue weighted by Crippen LogP contribution is -2.43. The van der Waals surface area contributed by atoms with Crippen LogP contribution in [-0.2, 0) is 0 Å². The van der Waals surface area contributed by atoms with Crippen LogP contribution in [0.2, 0.25) is 0 Å². The van der Waals surface area contributed by atoms with Gasteiger partial charge < -0.3 is 16.0 Å². The Morgan fingerprint density at radius 3 is 2.38 bits per heavy atom. The van der Waals surface area contributed by atoms with Gasteiger partial charge in [0.05, 0.1) is 0 Å². The van der Waals surface area contributed by atoms with E-state index in [1.807, 2.05) is 12.3 Å². The molecular formula is C21H27N5. The number of hydrogen-bond donors (Lipinski definition) is 2. The van der Waals surface area contributed by atoms with Crippen LogP contribution >= 0.6 is 0 Å². The van der Waals surface area contributed by atoms with Crippen molar-refractivity contribution >= 4 is 17.5 Å². The molecule has 1 atom stereocenters. The number of nitrogens with zero attached hydrogens (tertiary/aromatic N) is 3. The van der Waals surface area contributed by atoms with Crippen LogP contribution in [0.1, 0.15) is 61.5 Å². The van der Waals surface area contributed by atoms with Gasteiger partial charge in [0.2, 0.25) is 5.95 Å². The molecule has 0 amide bonds. The van der Waals surface area contributed by atoms with Gasteiger partial charge >= 0.3 is 0 Å². The molecule has 5 nitrogen and oxygen atoms in total. The molecule has 1 aromatic heterocycles. The molecule has 0 unspecified atom stereocenters. The summed E-state index contributed by atoms with van der Waals surface area (Å²) in [5.41, 5.74) is 10.3.